The molecule has 3 heteroatoms. The van der Waals surface area contributed by atoms with Gasteiger partial charge in [-0.15, -0.1) is 0 Å². The molecule has 1 aliphatic rings. The SMILES string of the molecule is Cc1ccc(C2(c3ccc(N(C)C)cc3)OC(=O)c3cccc4cccc2c34)cc1. The monoisotopic (exact) mass is 393 g/mol. The van der Waals surface area contributed by atoms with Crippen molar-refractivity contribution >= 4 is 22.4 Å². The number of carbonyl (C=O) groups is 1. The number of aryl methyl sites for hydroxylation is 1. The average Bonchev–Trinajstić information content (AvgIpc) is 2.77. The molecule has 5 rings (SSSR count). The van der Waals surface area contributed by atoms with Gasteiger partial charge in [-0.25, -0.2) is 4.79 Å². The molecule has 0 fully saturated rings. The molecule has 4 aromatic carbocycles. The third-order valence-electron chi connectivity index (χ3n) is 6.00. The molecule has 0 saturated heterocycles. The smallest absolute Gasteiger partial charge is 0.340 e. The second-order valence-corrected chi connectivity index (χ2v) is 8.09. The van der Waals surface area contributed by atoms with Gasteiger partial charge in [-0.3, -0.25) is 0 Å². The lowest BCUT2D eigenvalue weighted by atomic mass is 9.75. The van der Waals surface area contributed by atoms with E-state index in [-0.39, 0.29) is 5.97 Å². The van der Waals surface area contributed by atoms with Gasteiger partial charge in [0.2, 0.25) is 0 Å². The summed E-state index contributed by atoms with van der Waals surface area (Å²) in [4.78, 5) is 15.3. The summed E-state index contributed by atoms with van der Waals surface area (Å²) >= 11 is 0. The van der Waals surface area contributed by atoms with Gasteiger partial charge in [0.25, 0.3) is 0 Å². The molecule has 1 unspecified atom stereocenters. The van der Waals surface area contributed by atoms with Crippen molar-refractivity contribution in [2.75, 3.05) is 19.0 Å². The second-order valence-electron chi connectivity index (χ2n) is 8.09. The standard InChI is InChI=1S/C27H23NO2/c1-18-10-12-20(13-11-18)27(21-14-16-22(17-15-21)28(2)3)24-9-5-7-19-6-4-8-23(25(19)24)26(29)30-27/h4-17H,1-3H3. The quantitative estimate of drug-likeness (QED) is 0.420. The molecule has 0 saturated carbocycles. The summed E-state index contributed by atoms with van der Waals surface area (Å²) in [5.74, 6) is -0.295. The second kappa shape index (κ2) is 6.74. The summed E-state index contributed by atoms with van der Waals surface area (Å²) in [5.41, 5.74) is 4.76. The van der Waals surface area contributed by atoms with Crippen molar-refractivity contribution in [3.63, 3.8) is 0 Å². The van der Waals surface area contributed by atoms with Crippen LogP contribution in [0.3, 0.4) is 0 Å². The van der Waals surface area contributed by atoms with Crippen LogP contribution in [0, 0.1) is 6.92 Å². The highest BCUT2D eigenvalue weighted by Gasteiger charge is 2.45. The molecule has 30 heavy (non-hydrogen) atoms. The van der Waals surface area contributed by atoms with Crippen LogP contribution in [0.1, 0.15) is 32.6 Å². The number of hydrogen-bond acceptors (Lipinski definition) is 3. The zero-order valence-corrected chi connectivity index (χ0v) is 17.3. The fourth-order valence-electron chi connectivity index (χ4n) is 4.43. The van der Waals surface area contributed by atoms with Crippen molar-refractivity contribution < 1.29 is 9.53 Å². The lowest BCUT2D eigenvalue weighted by molar-refractivity contribution is 0.0126. The maximum absolute atomic E-state index is 13.2. The number of hydrogen-bond donors (Lipinski definition) is 0. The Kier molecular flexibility index (Phi) is 4.14. The van der Waals surface area contributed by atoms with Crippen molar-refractivity contribution in [2.45, 2.75) is 12.5 Å². The number of cyclic esters (lactones) is 1. The average molecular weight is 393 g/mol. The number of benzene rings is 4. The van der Waals surface area contributed by atoms with Crippen LogP contribution in [0.5, 0.6) is 0 Å². The number of esters is 1. The van der Waals surface area contributed by atoms with Crippen LogP contribution in [0.4, 0.5) is 5.69 Å². The van der Waals surface area contributed by atoms with Crippen molar-refractivity contribution in [3.05, 3.63) is 113 Å². The molecule has 1 atom stereocenters. The molecule has 0 spiro atoms. The van der Waals surface area contributed by atoms with E-state index < -0.39 is 5.60 Å². The Bertz CT molecular complexity index is 1250. The molecule has 1 heterocycles. The van der Waals surface area contributed by atoms with Crippen LogP contribution in [0.15, 0.2) is 84.9 Å². The summed E-state index contributed by atoms with van der Waals surface area (Å²) in [7, 11) is 4.03. The normalized spacial score (nSPS) is 17.6. The number of anilines is 1. The highest BCUT2D eigenvalue weighted by molar-refractivity contribution is 6.09. The molecular weight excluding hydrogens is 370 g/mol. The number of nitrogens with zero attached hydrogens (tertiary/aromatic N) is 1. The van der Waals surface area contributed by atoms with E-state index in [4.69, 9.17) is 4.74 Å². The lowest BCUT2D eigenvalue weighted by Crippen LogP contribution is -2.38. The van der Waals surface area contributed by atoms with Gasteiger partial charge in [-0.1, -0.05) is 72.3 Å². The summed E-state index contributed by atoms with van der Waals surface area (Å²) in [6.07, 6.45) is 0. The molecule has 0 N–H and O–H groups in total. The maximum Gasteiger partial charge on any atom is 0.340 e. The van der Waals surface area contributed by atoms with E-state index in [1.165, 1.54) is 0 Å². The van der Waals surface area contributed by atoms with E-state index in [0.29, 0.717) is 5.56 Å². The van der Waals surface area contributed by atoms with Crippen LogP contribution in [0.2, 0.25) is 0 Å². The summed E-state index contributed by atoms with van der Waals surface area (Å²) in [5, 5.41) is 2.01. The van der Waals surface area contributed by atoms with Gasteiger partial charge in [0.15, 0.2) is 5.60 Å². The fourth-order valence-corrected chi connectivity index (χ4v) is 4.43. The molecule has 0 bridgehead atoms. The van der Waals surface area contributed by atoms with E-state index in [2.05, 4.69) is 78.6 Å². The van der Waals surface area contributed by atoms with Crippen LogP contribution in [-0.2, 0) is 10.3 Å². The van der Waals surface area contributed by atoms with Crippen molar-refractivity contribution in [1.29, 1.82) is 0 Å². The van der Waals surface area contributed by atoms with Crippen molar-refractivity contribution in [3.8, 4) is 0 Å². The Balaban J connectivity index is 1.87. The Morgan fingerprint density at radius 3 is 2.00 bits per heavy atom. The van der Waals surface area contributed by atoms with Crippen molar-refractivity contribution in [1.82, 2.24) is 0 Å². The fraction of sp³-hybridized carbons (Fsp3) is 0.148. The van der Waals surface area contributed by atoms with Gasteiger partial charge in [-0.05, 0) is 30.5 Å². The van der Waals surface area contributed by atoms with Crippen molar-refractivity contribution in [2.24, 2.45) is 0 Å². The Hall–Kier alpha value is -3.59. The molecule has 0 aliphatic carbocycles. The van der Waals surface area contributed by atoms with E-state index in [1.807, 2.05) is 32.3 Å². The van der Waals surface area contributed by atoms with Gasteiger partial charge in [0, 0.05) is 41.9 Å². The van der Waals surface area contributed by atoms with Gasteiger partial charge >= 0.3 is 5.97 Å². The van der Waals surface area contributed by atoms with Crippen LogP contribution < -0.4 is 4.90 Å². The first-order valence-corrected chi connectivity index (χ1v) is 10.1. The molecule has 4 aromatic rings. The Morgan fingerprint density at radius 2 is 1.37 bits per heavy atom. The van der Waals surface area contributed by atoms with Crippen LogP contribution in [-0.4, -0.2) is 20.1 Å². The molecule has 0 radical (unpaired) electrons. The molecular formula is C27H23NO2. The molecule has 3 nitrogen and oxygen atoms in total. The molecule has 1 aliphatic heterocycles. The molecule has 0 amide bonds. The van der Waals surface area contributed by atoms with E-state index in [9.17, 15) is 4.79 Å². The minimum atomic E-state index is -0.997. The van der Waals surface area contributed by atoms with Gasteiger partial charge in [0.05, 0.1) is 5.56 Å². The Labute approximate surface area is 176 Å². The summed E-state index contributed by atoms with van der Waals surface area (Å²) < 4.78 is 6.35. The zero-order chi connectivity index (χ0) is 20.9. The summed E-state index contributed by atoms with van der Waals surface area (Å²) in [6.45, 7) is 2.06. The van der Waals surface area contributed by atoms with Crippen LogP contribution in [0.25, 0.3) is 10.8 Å². The minimum absolute atomic E-state index is 0.295. The number of carbonyl (C=O) groups excluding carboxylic acids is 1. The highest BCUT2D eigenvalue weighted by Crippen LogP contribution is 2.47. The first-order chi connectivity index (χ1) is 14.5. The third-order valence-corrected chi connectivity index (χ3v) is 6.00. The third kappa shape index (κ3) is 2.62. The zero-order valence-electron chi connectivity index (χ0n) is 17.3. The van der Waals surface area contributed by atoms with Crippen LogP contribution >= 0.6 is 0 Å². The Morgan fingerprint density at radius 1 is 0.767 bits per heavy atom. The maximum atomic E-state index is 13.2. The van der Waals surface area contributed by atoms with Gasteiger partial charge in [0.1, 0.15) is 0 Å². The van der Waals surface area contributed by atoms with E-state index in [0.717, 1.165) is 38.7 Å². The van der Waals surface area contributed by atoms with Gasteiger partial charge in [-0.2, -0.15) is 0 Å². The molecule has 0 aromatic heterocycles. The first-order valence-electron chi connectivity index (χ1n) is 10.1. The lowest BCUT2D eigenvalue weighted by Gasteiger charge is -2.39. The number of rotatable bonds is 3. The predicted octanol–water partition coefficient (Wildman–Crippen LogP) is 5.68. The topological polar surface area (TPSA) is 29.5 Å². The number of ether oxygens (including phenoxy) is 1. The largest absolute Gasteiger partial charge is 0.441 e. The summed E-state index contributed by atoms with van der Waals surface area (Å²) in [6, 6.07) is 28.5. The first kappa shape index (κ1) is 18.4. The predicted molar refractivity (Wildman–Crippen MR) is 121 cm³/mol. The highest BCUT2D eigenvalue weighted by atomic mass is 16.6. The van der Waals surface area contributed by atoms with E-state index in [1.54, 1.807) is 0 Å². The molecule has 148 valence electrons. The minimum Gasteiger partial charge on any atom is -0.441 e. The van der Waals surface area contributed by atoms with E-state index >= 15 is 0 Å². The van der Waals surface area contributed by atoms with Gasteiger partial charge < -0.3 is 9.64 Å².